The second-order valence-electron chi connectivity index (χ2n) is 8.08. The van der Waals surface area contributed by atoms with Crippen LogP contribution < -0.4 is 4.90 Å². The number of furan rings is 1. The minimum atomic E-state index is 0.349. The normalized spacial score (nSPS) is 29.7. The van der Waals surface area contributed by atoms with E-state index in [2.05, 4.69) is 62.9 Å². The smallest absolute Gasteiger partial charge is 0.109 e. The van der Waals surface area contributed by atoms with E-state index < -0.39 is 0 Å². The van der Waals surface area contributed by atoms with Crippen molar-refractivity contribution in [3.05, 3.63) is 53.5 Å². The summed E-state index contributed by atoms with van der Waals surface area (Å²) in [6, 6.07) is 11.4. The molecule has 0 N–H and O–H groups in total. The largest absolute Gasteiger partial charge is 0.469 e. The molecule has 1 fully saturated rings. The molecule has 0 radical (unpaired) electrons. The molecule has 0 amide bonds. The van der Waals surface area contributed by atoms with Gasteiger partial charge >= 0.3 is 0 Å². The Bertz CT molecular complexity index is 702. The highest BCUT2D eigenvalue weighted by molar-refractivity contribution is 5.53. The number of rotatable bonds is 2. The zero-order valence-electron chi connectivity index (χ0n) is 14.7. The molecular formula is C21H27NO. The van der Waals surface area contributed by atoms with E-state index in [4.69, 9.17) is 4.42 Å². The fourth-order valence-corrected chi connectivity index (χ4v) is 5.29. The number of anilines is 1. The number of para-hydroxylation sites is 1. The molecule has 2 aromatic rings. The number of aryl methyl sites for hydroxylation is 1. The van der Waals surface area contributed by atoms with Gasteiger partial charge in [0.05, 0.1) is 12.3 Å². The average Bonchev–Trinajstić information content (AvgIpc) is 2.87. The zero-order valence-corrected chi connectivity index (χ0v) is 14.7. The van der Waals surface area contributed by atoms with Gasteiger partial charge in [-0.2, -0.15) is 0 Å². The summed E-state index contributed by atoms with van der Waals surface area (Å²) in [7, 11) is 0. The van der Waals surface area contributed by atoms with Crippen LogP contribution in [0.1, 0.15) is 50.1 Å². The van der Waals surface area contributed by atoms with Crippen molar-refractivity contribution in [2.75, 3.05) is 11.4 Å². The van der Waals surface area contributed by atoms with E-state index in [-0.39, 0.29) is 0 Å². The highest BCUT2D eigenvalue weighted by Gasteiger charge is 2.53. The van der Waals surface area contributed by atoms with Crippen molar-refractivity contribution < 1.29 is 4.42 Å². The van der Waals surface area contributed by atoms with Crippen molar-refractivity contribution >= 4 is 5.69 Å². The Labute approximate surface area is 139 Å². The van der Waals surface area contributed by atoms with Crippen LogP contribution in [0.2, 0.25) is 0 Å². The fraction of sp³-hybridized carbons (Fsp3) is 0.524. The number of nitrogens with zero attached hydrogens (tertiary/aromatic N) is 1. The van der Waals surface area contributed by atoms with Gasteiger partial charge in [-0.3, -0.25) is 0 Å². The lowest BCUT2D eigenvalue weighted by molar-refractivity contribution is 0.0452. The summed E-state index contributed by atoms with van der Waals surface area (Å²) in [6.07, 6.45) is 4.30. The van der Waals surface area contributed by atoms with E-state index in [1.165, 1.54) is 29.0 Å². The van der Waals surface area contributed by atoms with Crippen molar-refractivity contribution in [3.8, 4) is 0 Å². The van der Waals surface area contributed by atoms with Crippen LogP contribution in [0.25, 0.3) is 0 Å². The highest BCUT2D eigenvalue weighted by Crippen LogP contribution is 2.57. The molecule has 4 rings (SSSR count). The van der Waals surface area contributed by atoms with E-state index in [0.29, 0.717) is 23.3 Å². The van der Waals surface area contributed by atoms with Crippen molar-refractivity contribution in [3.63, 3.8) is 0 Å². The van der Waals surface area contributed by atoms with Crippen LogP contribution in [-0.4, -0.2) is 6.54 Å². The summed E-state index contributed by atoms with van der Waals surface area (Å²) < 4.78 is 5.97. The highest BCUT2D eigenvalue weighted by atomic mass is 16.3. The quantitative estimate of drug-likeness (QED) is 0.741. The van der Waals surface area contributed by atoms with Gasteiger partial charge in [-0.25, -0.2) is 0 Å². The molecule has 1 saturated heterocycles. The van der Waals surface area contributed by atoms with Crippen LogP contribution in [0.3, 0.4) is 0 Å². The van der Waals surface area contributed by atoms with Gasteiger partial charge in [0, 0.05) is 24.2 Å². The summed E-state index contributed by atoms with van der Waals surface area (Å²) in [4.78, 5) is 2.63. The minimum absolute atomic E-state index is 0.349. The standard InChI is InChI=1S/C21H27NO/c1-14(2)19-20-18-15(3)13-23-17(18)12-21(19,4)10-11-22(20)16-8-6-5-7-9-16/h5-9,13-14,19-20H,10-12H2,1-4H3/t19-,20+,21?/m0/s1. The molecule has 0 spiro atoms. The van der Waals surface area contributed by atoms with Crippen LogP contribution >= 0.6 is 0 Å². The Morgan fingerprint density at radius 2 is 1.96 bits per heavy atom. The van der Waals surface area contributed by atoms with Gasteiger partial charge in [-0.15, -0.1) is 0 Å². The molecular weight excluding hydrogens is 282 g/mol. The predicted molar refractivity (Wildman–Crippen MR) is 94.7 cm³/mol. The topological polar surface area (TPSA) is 16.4 Å². The fourth-order valence-electron chi connectivity index (χ4n) is 5.29. The van der Waals surface area contributed by atoms with Crippen LogP contribution in [-0.2, 0) is 6.42 Å². The lowest BCUT2D eigenvalue weighted by Crippen LogP contribution is -2.54. The van der Waals surface area contributed by atoms with Gasteiger partial charge in [0.1, 0.15) is 5.76 Å². The third-order valence-electron chi connectivity index (χ3n) is 6.17. The van der Waals surface area contributed by atoms with Gasteiger partial charge in [0.15, 0.2) is 0 Å². The van der Waals surface area contributed by atoms with Gasteiger partial charge in [0.2, 0.25) is 0 Å². The van der Waals surface area contributed by atoms with E-state index in [0.717, 1.165) is 13.0 Å². The Kier molecular flexibility index (Phi) is 3.33. The van der Waals surface area contributed by atoms with Crippen molar-refractivity contribution in [2.24, 2.45) is 17.3 Å². The Morgan fingerprint density at radius 1 is 1.22 bits per heavy atom. The van der Waals surface area contributed by atoms with Gasteiger partial charge in [-0.05, 0) is 48.3 Å². The van der Waals surface area contributed by atoms with Crippen molar-refractivity contribution in [2.45, 2.75) is 46.6 Å². The van der Waals surface area contributed by atoms with Gasteiger partial charge < -0.3 is 9.32 Å². The van der Waals surface area contributed by atoms with Crippen molar-refractivity contribution in [1.82, 2.24) is 0 Å². The molecule has 1 aromatic carbocycles. The number of benzene rings is 1. The minimum Gasteiger partial charge on any atom is -0.469 e. The number of hydrogen-bond donors (Lipinski definition) is 0. The molecule has 0 saturated carbocycles. The molecule has 2 heteroatoms. The molecule has 1 aromatic heterocycles. The van der Waals surface area contributed by atoms with E-state index >= 15 is 0 Å². The van der Waals surface area contributed by atoms with E-state index in [1.807, 2.05) is 6.26 Å². The first kappa shape index (κ1) is 14.9. The average molecular weight is 309 g/mol. The molecule has 2 heterocycles. The molecule has 1 aliphatic carbocycles. The number of hydrogen-bond acceptors (Lipinski definition) is 2. The zero-order chi connectivity index (χ0) is 16.2. The molecule has 3 atom stereocenters. The van der Waals surface area contributed by atoms with Crippen LogP contribution in [0, 0.1) is 24.2 Å². The first-order valence-electron chi connectivity index (χ1n) is 8.90. The van der Waals surface area contributed by atoms with E-state index in [1.54, 1.807) is 0 Å². The summed E-state index contributed by atoms with van der Waals surface area (Å²) in [5.74, 6) is 2.56. The summed E-state index contributed by atoms with van der Waals surface area (Å²) in [5, 5.41) is 0. The van der Waals surface area contributed by atoms with Gasteiger partial charge in [-0.1, -0.05) is 39.0 Å². The maximum atomic E-state index is 5.97. The molecule has 1 unspecified atom stereocenters. The van der Waals surface area contributed by atoms with Crippen LogP contribution in [0.15, 0.2) is 41.0 Å². The molecule has 2 aliphatic rings. The first-order valence-corrected chi connectivity index (χ1v) is 8.90. The Hall–Kier alpha value is -1.70. The van der Waals surface area contributed by atoms with Crippen molar-refractivity contribution in [1.29, 1.82) is 0 Å². The summed E-state index contributed by atoms with van der Waals surface area (Å²) in [5.41, 5.74) is 4.48. The van der Waals surface area contributed by atoms with Crippen LogP contribution in [0.4, 0.5) is 5.69 Å². The molecule has 1 aliphatic heterocycles. The lowest BCUT2D eigenvalue weighted by atomic mass is 9.57. The third-order valence-corrected chi connectivity index (χ3v) is 6.17. The molecule has 122 valence electrons. The maximum Gasteiger partial charge on any atom is 0.109 e. The van der Waals surface area contributed by atoms with E-state index in [9.17, 15) is 0 Å². The molecule has 2 bridgehead atoms. The van der Waals surface area contributed by atoms with Crippen LogP contribution in [0.5, 0.6) is 0 Å². The second kappa shape index (κ2) is 5.15. The molecule has 2 nitrogen and oxygen atoms in total. The Balaban J connectivity index is 1.89. The molecule has 23 heavy (non-hydrogen) atoms. The van der Waals surface area contributed by atoms with Gasteiger partial charge in [0.25, 0.3) is 0 Å². The predicted octanol–water partition coefficient (Wildman–Crippen LogP) is 5.37. The third kappa shape index (κ3) is 2.14. The monoisotopic (exact) mass is 309 g/mol. The SMILES string of the molecule is Cc1coc2c1[C@@H]1[C@H](C(C)C)C(C)(CCN1c1ccccc1)C2. The first-order chi connectivity index (χ1) is 11.0. The number of piperidine rings is 1. The summed E-state index contributed by atoms with van der Waals surface area (Å²) >= 11 is 0. The second-order valence-corrected chi connectivity index (χ2v) is 8.08. The Morgan fingerprint density at radius 3 is 2.65 bits per heavy atom. The maximum absolute atomic E-state index is 5.97. The lowest BCUT2D eigenvalue weighted by Gasteiger charge is -2.56. The summed E-state index contributed by atoms with van der Waals surface area (Å²) in [6.45, 7) is 10.6. The number of fused-ring (bicyclic) bond motifs is 4.